The third-order valence-electron chi connectivity index (χ3n) is 3.09. The van der Waals surface area contributed by atoms with Gasteiger partial charge >= 0.3 is 0 Å². The first-order valence-corrected chi connectivity index (χ1v) is 7.95. The lowest BCUT2D eigenvalue weighted by Crippen LogP contribution is -2.11. The molecule has 2 aromatic carbocycles. The Morgan fingerprint density at radius 1 is 1.23 bits per heavy atom. The summed E-state index contributed by atoms with van der Waals surface area (Å²) in [4.78, 5) is 12.7. The molecule has 1 atom stereocenters. The molecule has 6 heteroatoms. The number of methoxy groups -OCH3 is 1. The summed E-state index contributed by atoms with van der Waals surface area (Å²) >= 11 is 0. The van der Waals surface area contributed by atoms with E-state index in [0.29, 0.717) is 33.3 Å². The minimum Gasteiger partial charge on any atom is -0.497 e. The number of nitrogens with two attached hydrogens (primary N) is 1. The molecule has 22 heavy (non-hydrogen) atoms. The Morgan fingerprint density at radius 3 is 2.64 bits per heavy atom. The average molecular weight is 318 g/mol. The normalized spacial score (nSPS) is 11.7. The number of carbonyl (C=O) groups is 1. The molecule has 116 valence electrons. The number of benzene rings is 2. The SMILES string of the molecule is CCC(=O)Nc1cc(S(=O)c2cccc(OC)c2)ccc1N. The van der Waals surface area contributed by atoms with Crippen molar-refractivity contribution in [2.75, 3.05) is 18.2 Å². The predicted molar refractivity (Wildman–Crippen MR) is 87.4 cm³/mol. The number of hydrogen-bond acceptors (Lipinski definition) is 4. The van der Waals surface area contributed by atoms with Gasteiger partial charge in [-0.25, -0.2) is 4.21 Å². The lowest BCUT2D eigenvalue weighted by molar-refractivity contribution is -0.115. The Kier molecular flexibility index (Phi) is 5.16. The van der Waals surface area contributed by atoms with Gasteiger partial charge in [0.1, 0.15) is 5.75 Å². The molecular formula is C16H18N2O3S. The number of anilines is 2. The number of carbonyl (C=O) groups excluding carboxylic acids is 1. The molecule has 5 nitrogen and oxygen atoms in total. The maximum Gasteiger partial charge on any atom is 0.224 e. The van der Waals surface area contributed by atoms with Crippen molar-refractivity contribution in [3.63, 3.8) is 0 Å². The molecule has 0 bridgehead atoms. The average Bonchev–Trinajstić information content (AvgIpc) is 2.56. The van der Waals surface area contributed by atoms with Crippen LogP contribution in [0, 0.1) is 0 Å². The largest absolute Gasteiger partial charge is 0.497 e. The standard InChI is InChI=1S/C16H18N2O3S/c1-3-16(19)18-15-10-13(7-8-14(15)17)22(20)12-6-4-5-11(9-12)21-2/h4-10H,3,17H2,1-2H3,(H,18,19). The summed E-state index contributed by atoms with van der Waals surface area (Å²) in [6.45, 7) is 1.75. The summed E-state index contributed by atoms with van der Waals surface area (Å²) < 4.78 is 17.8. The van der Waals surface area contributed by atoms with Gasteiger partial charge in [0.2, 0.25) is 5.91 Å². The Morgan fingerprint density at radius 2 is 1.95 bits per heavy atom. The van der Waals surface area contributed by atoms with Crippen molar-refractivity contribution in [3.8, 4) is 5.75 Å². The fourth-order valence-corrected chi connectivity index (χ4v) is 2.96. The van der Waals surface area contributed by atoms with Gasteiger partial charge in [-0.1, -0.05) is 13.0 Å². The summed E-state index contributed by atoms with van der Waals surface area (Å²) in [6, 6.07) is 12.0. The molecule has 0 saturated heterocycles. The van der Waals surface area contributed by atoms with Crippen LogP contribution in [-0.4, -0.2) is 17.2 Å². The second-order valence-electron chi connectivity index (χ2n) is 4.60. The van der Waals surface area contributed by atoms with Crippen molar-refractivity contribution in [2.24, 2.45) is 0 Å². The second kappa shape index (κ2) is 7.09. The van der Waals surface area contributed by atoms with Crippen LogP contribution in [0.4, 0.5) is 11.4 Å². The number of ether oxygens (including phenoxy) is 1. The van der Waals surface area contributed by atoms with Gasteiger partial charge in [-0.2, -0.15) is 0 Å². The summed E-state index contributed by atoms with van der Waals surface area (Å²) in [5, 5.41) is 2.71. The highest BCUT2D eigenvalue weighted by Crippen LogP contribution is 2.26. The molecule has 0 aliphatic carbocycles. The van der Waals surface area contributed by atoms with Gasteiger partial charge in [0.05, 0.1) is 29.3 Å². The molecule has 1 amide bonds. The van der Waals surface area contributed by atoms with Crippen molar-refractivity contribution in [2.45, 2.75) is 23.1 Å². The predicted octanol–water partition coefficient (Wildman–Crippen LogP) is 2.79. The minimum absolute atomic E-state index is 0.143. The fourth-order valence-electron chi connectivity index (χ4n) is 1.85. The van der Waals surface area contributed by atoms with Crippen molar-refractivity contribution >= 4 is 28.1 Å². The highest BCUT2D eigenvalue weighted by atomic mass is 32.2. The van der Waals surface area contributed by atoms with Gasteiger partial charge in [0.15, 0.2) is 0 Å². The second-order valence-corrected chi connectivity index (χ2v) is 6.08. The van der Waals surface area contributed by atoms with Crippen LogP contribution in [0.3, 0.4) is 0 Å². The van der Waals surface area contributed by atoms with E-state index in [1.54, 1.807) is 56.5 Å². The lowest BCUT2D eigenvalue weighted by atomic mass is 10.2. The molecule has 1 unspecified atom stereocenters. The van der Waals surface area contributed by atoms with Gasteiger partial charge in [0.25, 0.3) is 0 Å². The van der Waals surface area contributed by atoms with Gasteiger partial charge in [0, 0.05) is 16.2 Å². The molecule has 0 saturated carbocycles. The zero-order chi connectivity index (χ0) is 16.1. The van der Waals surface area contributed by atoms with E-state index >= 15 is 0 Å². The van der Waals surface area contributed by atoms with Crippen LogP contribution in [0.15, 0.2) is 52.3 Å². The van der Waals surface area contributed by atoms with Crippen LogP contribution >= 0.6 is 0 Å². The zero-order valence-electron chi connectivity index (χ0n) is 12.5. The Balaban J connectivity index is 2.33. The van der Waals surface area contributed by atoms with Gasteiger partial charge in [-0.3, -0.25) is 4.79 Å². The molecule has 0 fully saturated rings. The number of nitrogens with one attached hydrogen (secondary N) is 1. The zero-order valence-corrected chi connectivity index (χ0v) is 13.3. The molecule has 0 spiro atoms. The first kappa shape index (κ1) is 16.0. The summed E-state index contributed by atoms with van der Waals surface area (Å²) in [5.41, 5.74) is 6.75. The molecule has 3 N–H and O–H groups in total. The first-order valence-electron chi connectivity index (χ1n) is 6.80. The Labute approximate surface area is 131 Å². The van der Waals surface area contributed by atoms with Gasteiger partial charge in [-0.05, 0) is 36.4 Å². The summed E-state index contributed by atoms with van der Waals surface area (Å²) in [5.74, 6) is 0.497. The molecule has 2 rings (SSSR count). The number of rotatable bonds is 5. The number of hydrogen-bond donors (Lipinski definition) is 2. The van der Waals surface area contributed by atoms with Gasteiger partial charge in [-0.15, -0.1) is 0 Å². The third-order valence-corrected chi connectivity index (χ3v) is 4.45. The third kappa shape index (κ3) is 3.65. The van der Waals surface area contributed by atoms with Crippen molar-refractivity contribution < 1.29 is 13.7 Å². The van der Waals surface area contributed by atoms with Crippen molar-refractivity contribution in [3.05, 3.63) is 42.5 Å². The van der Waals surface area contributed by atoms with Crippen LogP contribution in [0.2, 0.25) is 0 Å². The van der Waals surface area contributed by atoms with E-state index in [2.05, 4.69) is 5.32 Å². The molecule has 0 aliphatic rings. The highest BCUT2D eigenvalue weighted by molar-refractivity contribution is 7.85. The maximum absolute atomic E-state index is 12.6. The quantitative estimate of drug-likeness (QED) is 0.831. The van der Waals surface area contributed by atoms with E-state index in [-0.39, 0.29) is 5.91 Å². The monoisotopic (exact) mass is 318 g/mol. The van der Waals surface area contributed by atoms with E-state index in [4.69, 9.17) is 10.5 Å². The summed E-state index contributed by atoms with van der Waals surface area (Å²) in [6.07, 6.45) is 0.350. The molecular weight excluding hydrogens is 300 g/mol. The lowest BCUT2D eigenvalue weighted by Gasteiger charge is -2.10. The Bertz CT molecular complexity index is 716. The van der Waals surface area contributed by atoms with E-state index in [9.17, 15) is 9.00 Å². The first-order chi connectivity index (χ1) is 10.5. The van der Waals surface area contributed by atoms with E-state index in [1.165, 1.54) is 0 Å². The highest BCUT2D eigenvalue weighted by Gasteiger charge is 2.11. The van der Waals surface area contributed by atoms with E-state index in [1.807, 2.05) is 0 Å². The smallest absolute Gasteiger partial charge is 0.224 e. The minimum atomic E-state index is -1.38. The Hall–Kier alpha value is -2.34. The van der Waals surface area contributed by atoms with Crippen LogP contribution in [-0.2, 0) is 15.6 Å². The topological polar surface area (TPSA) is 81.4 Å². The number of amides is 1. The van der Waals surface area contributed by atoms with Crippen LogP contribution in [0.5, 0.6) is 5.75 Å². The molecule has 0 heterocycles. The molecule has 0 radical (unpaired) electrons. The van der Waals surface area contributed by atoms with Crippen LogP contribution < -0.4 is 15.8 Å². The number of nitrogen functional groups attached to an aromatic ring is 1. The summed E-state index contributed by atoms with van der Waals surface area (Å²) in [7, 11) is 0.178. The molecule has 2 aromatic rings. The fraction of sp³-hybridized carbons (Fsp3) is 0.188. The molecule has 0 aromatic heterocycles. The maximum atomic E-state index is 12.6. The van der Waals surface area contributed by atoms with Crippen LogP contribution in [0.25, 0.3) is 0 Å². The van der Waals surface area contributed by atoms with Crippen LogP contribution in [0.1, 0.15) is 13.3 Å². The molecule has 0 aliphatic heterocycles. The van der Waals surface area contributed by atoms with Crippen molar-refractivity contribution in [1.29, 1.82) is 0 Å². The van der Waals surface area contributed by atoms with Gasteiger partial charge < -0.3 is 15.8 Å². The van der Waals surface area contributed by atoms with Crippen molar-refractivity contribution in [1.82, 2.24) is 0 Å². The van der Waals surface area contributed by atoms with E-state index in [0.717, 1.165) is 0 Å². The van der Waals surface area contributed by atoms with E-state index < -0.39 is 10.8 Å².